The number of rotatable bonds is 7. The fourth-order valence-corrected chi connectivity index (χ4v) is 1.62. The zero-order valence-corrected chi connectivity index (χ0v) is 11.0. The molecule has 0 fully saturated rings. The van der Waals surface area contributed by atoms with Crippen molar-refractivity contribution in [3.63, 3.8) is 0 Å². The summed E-state index contributed by atoms with van der Waals surface area (Å²) >= 11 is 0. The maximum absolute atomic E-state index is 11.0. The fourth-order valence-electron chi connectivity index (χ4n) is 1.62. The van der Waals surface area contributed by atoms with Crippen LogP contribution in [0.15, 0.2) is 12.1 Å². The highest BCUT2D eigenvalue weighted by Crippen LogP contribution is 2.34. The van der Waals surface area contributed by atoms with E-state index in [0.29, 0.717) is 11.3 Å². The van der Waals surface area contributed by atoms with E-state index in [1.165, 1.54) is 26.4 Å². The van der Waals surface area contributed by atoms with E-state index in [2.05, 4.69) is 5.43 Å². The maximum Gasteiger partial charge on any atom is 0.419 e. The lowest BCUT2D eigenvalue weighted by molar-refractivity contribution is -0.385. The van der Waals surface area contributed by atoms with Crippen molar-refractivity contribution in [1.29, 1.82) is 0 Å². The van der Waals surface area contributed by atoms with Gasteiger partial charge in [0, 0.05) is 12.1 Å². The number of hydrazine groups is 1. The van der Waals surface area contributed by atoms with E-state index in [0.717, 1.165) is 0 Å². The number of carboxylic acid groups (broad SMARTS) is 1. The Morgan fingerprint density at radius 2 is 1.95 bits per heavy atom. The number of ether oxygens (including phenoxy) is 2. The Labute approximate surface area is 114 Å². The van der Waals surface area contributed by atoms with Gasteiger partial charge in [0.2, 0.25) is 0 Å². The van der Waals surface area contributed by atoms with Crippen LogP contribution in [-0.2, 0) is 6.42 Å². The van der Waals surface area contributed by atoms with Gasteiger partial charge in [-0.3, -0.25) is 15.5 Å². The summed E-state index contributed by atoms with van der Waals surface area (Å²) in [6, 6.07) is 2.78. The van der Waals surface area contributed by atoms with Gasteiger partial charge >= 0.3 is 6.09 Å². The van der Waals surface area contributed by atoms with Crippen molar-refractivity contribution in [2.24, 2.45) is 0 Å². The smallest absolute Gasteiger partial charge is 0.419 e. The third-order valence-corrected chi connectivity index (χ3v) is 2.50. The second-order valence-corrected chi connectivity index (χ2v) is 3.70. The van der Waals surface area contributed by atoms with Crippen LogP contribution in [0.25, 0.3) is 0 Å². The average molecular weight is 285 g/mol. The Morgan fingerprint density at radius 1 is 1.35 bits per heavy atom. The van der Waals surface area contributed by atoms with Gasteiger partial charge in [0.1, 0.15) is 0 Å². The number of hydrogen-bond acceptors (Lipinski definition) is 6. The summed E-state index contributed by atoms with van der Waals surface area (Å²) in [4.78, 5) is 20.7. The quantitative estimate of drug-likeness (QED) is 0.387. The van der Waals surface area contributed by atoms with Crippen LogP contribution in [0.2, 0.25) is 0 Å². The van der Waals surface area contributed by atoms with E-state index in [9.17, 15) is 14.9 Å². The minimum Gasteiger partial charge on any atom is -0.493 e. The van der Waals surface area contributed by atoms with Crippen molar-refractivity contribution in [2.45, 2.75) is 6.42 Å². The average Bonchev–Trinajstić information content (AvgIpc) is 2.42. The number of nitro benzene ring substituents is 1. The van der Waals surface area contributed by atoms with E-state index < -0.39 is 11.0 Å². The Morgan fingerprint density at radius 3 is 2.45 bits per heavy atom. The second-order valence-electron chi connectivity index (χ2n) is 3.70. The molecular formula is C11H15N3O6. The molecule has 1 amide bonds. The molecule has 0 atom stereocenters. The summed E-state index contributed by atoms with van der Waals surface area (Å²) in [6.45, 7) is 0.197. The minimum atomic E-state index is -1.23. The topological polar surface area (TPSA) is 123 Å². The van der Waals surface area contributed by atoms with Gasteiger partial charge in [-0.05, 0) is 12.5 Å². The molecule has 9 nitrogen and oxygen atoms in total. The molecule has 0 unspecified atom stereocenters. The normalized spacial score (nSPS) is 9.90. The van der Waals surface area contributed by atoms with E-state index in [4.69, 9.17) is 14.6 Å². The second kappa shape index (κ2) is 7.14. The van der Waals surface area contributed by atoms with Gasteiger partial charge in [0.15, 0.2) is 11.5 Å². The van der Waals surface area contributed by atoms with Crippen LogP contribution in [-0.4, -0.2) is 36.9 Å². The molecule has 3 N–H and O–H groups in total. The molecule has 0 spiro atoms. The summed E-state index contributed by atoms with van der Waals surface area (Å²) in [6.07, 6.45) is -0.983. The van der Waals surface area contributed by atoms with E-state index in [1.54, 1.807) is 0 Å². The van der Waals surface area contributed by atoms with Crippen LogP contribution in [0.3, 0.4) is 0 Å². The molecule has 0 radical (unpaired) electrons. The monoisotopic (exact) mass is 285 g/mol. The van der Waals surface area contributed by atoms with E-state index in [1.807, 2.05) is 5.43 Å². The number of methoxy groups -OCH3 is 2. The largest absolute Gasteiger partial charge is 0.493 e. The van der Waals surface area contributed by atoms with Crippen LogP contribution in [0.4, 0.5) is 10.5 Å². The standard InChI is InChI=1S/C11H15N3O6/c1-19-9-5-7(3-4-12-13-11(15)16)8(14(17)18)6-10(9)20-2/h5-6,12-13H,3-4H2,1-2H3,(H,15,16). The van der Waals surface area contributed by atoms with Crippen molar-refractivity contribution in [3.8, 4) is 11.5 Å². The highest BCUT2D eigenvalue weighted by atomic mass is 16.6. The number of amides is 1. The summed E-state index contributed by atoms with van der Waals surface area (Å²) < 4.78 is 10.1. The Kier molecular flexibility index (Phi) is 5.54. The highest BCUT2D eigenvalue weighted by molar-refractivity contribution is 5.63. The minimum absolute atomic E-state index is 0.111. The predicted molar refractivity (Wildman–Crippen MR) is 69.1 cm³/mol. The molecule has 0 saturated heterocycles. The van der Waals surface area contributed by atoms with Crippen molar-refractivity contribution in [3.05, 3.63) is 27.8 Å². The molecule has 0 saturated carbocycles. The lowest BCUT2D eigenvalue weighted by Crippen LogP contribution is -2.37. The highest BCUT2D eigenvalue weighted by Gasteiger charge is 2.19. The molecule has 20 heavy (non-hydrogen) atoms. The summed E-state index contributed by atoms with van der Waals surface area (Å²) in [5, 5.41) is 19.4. The molecule has 0 heterocycles. The fraction of sp³-hybridized carbons (Fsp3) is 0.364. The first-order valence-corrected chi connectivity index (χ1v) is 5.60. The molecule has 1 aromatic rings. The maximum atomic E-state index is 11.0. The van der Waals surface area contributed by atoms with E-state index in [-0.39, 0.29) is 24.4 Å². The molecule has 0 bridgehead atoms. The SMILES string of the molecule is COc1cc(CCNNC(=O)O)c([N+](=O)[O-])cc1OC. The molecule has 0 aliphatic heterocycles. The first kappa shape index (κ1) is 15.5. The summed E-state index contributed by atoms with van der Waals surface area (Å²) in [7, 11) is 2.82. The Balaban J connectivity index is 2.92. The number of nitrogens with one attached hydrogen (secondary N) is 2. The molecule has 0 aliphatic carbocycles. The van der Waals surface area contributed by atoms with Crippen molar-refractivity contribution < 1.29 is 24.3 Å². The third kappa shape index (κ3) is 3.99. The molecule has 1 rings (SSSR count). The number of hydrogen-bond donors (Lipinski definition) is 3. The lowest BCUT2D eigenvalue weighted by atomic mass is 10.1. The molecule has 110 valence electrons. The first-order valence-electron chi connectivity index (χ1n) is 5.60. The van der Waals surface area contributed by atoms with Gasteiger partial charge in [-0.2, -0.15) is 0 Å². The summed E-state index contributed by atoms with van der Waals surface area (Å²) in [5.41, 5.74) is 4.68. The van der Waals surface area contributed by atoms with Gasteiger partial charge < -0.3 is 14.6 Å². The molecule has 1 aromatic carbocycles. The van der Waals surface area contributed by atoms with Crippen LogP contribution < -0.4 is 20.3 Å². The van der Waals surface area contributed by atoms with Crippen LogP contribution in [0.5, 0.6) is 11.5 Å². The number of nitrogens with zero attached hydrogens (tertiary/aromatic N) is 1. The third-order valence-electron chi connectivity index (χ3n) is 2.50. The molecule has 0 aromatic heterocycles. The zero-order valence-electron chi connectivity index (χ0n) is 11.0. The Hall–Kier alpha value is -2.55. The van der Waals surface area contributed by atoms with E-state index >= 15 is 0 Å². The Bertz CT molecular complexity index is 505. The molecule has 9 heteroatoms. The van der Waals surface area contributed by atoms with Crippen molar-refractivity contribution in [1.82, 2.24) is 10.9 Å². The van der Waals surface area contributed by atoms with Crippen LogP contribution in [0, 0.1) is 10.1 Å². The van der Waals surface area contributed by atoms with Gasteiger partial charge in [-0.25, -0.2) is 10.2 Å². The predicted octanol–water partition coefficient (Wildman–Crippen LogP) is 0.927. The lowest BCUT2D eigenvalue weighted by Gasteiger charge is -2.10. The van der Waals surface area contributed by atoms with Gasteiger partial charge in [0.05, 0.1) is 25.2 Å². The number of nitro groups is 1. The first-order chi connectivity index (χ1) is 9.49. The number of carbonyl (C=O) groups is 1. The van der Waals surface area contributed by atoms with Crippen molar-refractivity contribution in [2.75, 3.05) is 20.8 Å². The van der Waals surface area contributed by atoms with Gasteiger partial charge in [-0.15, -0.1) is 0 Å². The van der Waals surface area contributed by atoms with Gasteiger partial charge in [-0.1, -0.05) is 0 Å². The molecular weight excluding hydrogens is 270 g/mol. The zero-order chi connectivity index (χ0) is 15.1. The van der Waals surface area contributed by atoms with Gasteiger partial charge in [0.25, 0.3) is 5.69 Å². The number of benzene rings is 1. The summed E-state index contributed by atoms with van der Waals surface area (Å²) in [5.74, 6) is 0.638. The van der Waals surface area contributed by atoms with Crippen LogP contribution in [0.1, 0.15) is 5.56 Å². The molecule has 0 aliphatic rings. The van der Waals surface area contributed by atoms with Crippen molar-refractivity contribution >= 4 is 11.8 Å². The van der Waals surface area contributed by atoms with Crippen LogP contribution >= 0.6 is 0 Å².